The summed E-state index contributed by atoms with van der Waals surface area (Å²) in [6.07, 6.45) is 19.6. The van der Waals surface area contributed by atoms with Gasteiger partial charge in [-0.15, -0.1) is 0 Å². The van der Waals surface area contributed by atoms with Crippen LogP contribution in [0.15, 0.2) is 85.0 Å². The fourth-order valence-corrected chi connectivity index (χ4v) is 26.2. The zero-order chi connectivity index (χ0) is 70.7. The molecule has 0 aliphatic heterocycles. The van der Waals surface area contributed by atoms with Crippen LogP contribution in [0.5, 0.6) is 0 Å². The van der Waals surface area contributed by atoms with Crippen LogP contribution < -0.4 is 0 Å². The zero-order valence-electron chi connectivity index (χ0n) is 62.7. The minimum atomic E-state index is -0.447. The molecule has 8 unspecified atom stereocenters. The van der Waals surface area contributed by atoms with Crippen molar-refractivity contribution in [2.45, 2.75) is 258 Å². The van der Waals surface area contributed by atoms with Gasteiger partial charge in [0.2, 0.25) is 0 Å². The minimum absolute atomic E-state index is 0.00475. The second-order valence-corrected chi connectivity index (χ2v) is 35.0. The van der Waals surface area contributed by atoms with Gasteiger partial charge in [0, 0.05) is 45.3 Å². The molecule has 10 aliphatic rings. The van der Waals surface area contributed by atoms with Gasteiger partial charge in [0.15, 0.2) is 5.78 Å². The Morgan fingerprint density at radius 1 is 0.438 bits per heavy atom. The number of carbonyl (C=O) groups is 6. The molecule has 2 aromatic carbocycles. The predicted octanol–water partition coefficient (Wildman–Crippen LogP) is 18.4. The normalized spacial score (nSPS) is 43.1. The molecule has 0 bridgehead atoms. The van der Waals surface area contributed by atoms with E-state index in [4.69, 9.17) is 29.8 Å². The van der Waals surface area contributed by atoms with Gasteiger partial charge in [0.1, 0.15) is 38.6 Å². The Balaban J connectivity index is 0.000000205. The van der Waals surface area contributed by atoms with Gasteiger partial charge in [-0.2, -0.15) is 0 Å². The molecule has 0 N–H and O–H groups in total. The summed E-state index contributed by atoms with van der Waals surface area (Å²) in [7, 11) is 1.25. The third-order valence-electron chi connectivity index (χ3n) is 30.9. The first kappa shape index (κ1) is 72.2. The maximum absolute atomic E-state index is 14.4. The smallest absolute Gasteiger partial charge is 0.312 e. The molecule has 2 aromatic rings. The Bertz CT molecular complexity index is 3260. The first-order valence-electron chi connectivity index (χ1n) is 38.0. The molecule has 10 aliphatic carbocycles. The largest absolute Gasteiger partial charge is 0.465 e. The van der Waals surface area contributed by atoms with Crippen LogP contribution in [0.2, 0.25) is 0 Å². The molecule has 12 rings (SSSR count). The van der Waals surface area contributed by atoms with Gasteiger partial charge in [0.25, 0.3) is 0 Å². The van der Waals surface area contributed by atoms with Crippen molar-refractivity contribution in [3.63, 3.8) is 0 Å². The maximum Gasteiger partial charge on any atom is 0.312 e. The van der Waals surface area contributed by atoms with Crippen LogP contribution in [0.3, 0.4) is 0 Å². The van der Waals surface area contributed by atoms with E-state index in [1.165, 1.54) is 46.2 Å². The van der Waals surface area contributed by atoms with Crippen LogP contribution in [-0.2, 0) is 70.4 Å². The molecular formula is C84H122O12. The van der Waals surface area contributed by atoms with Crippen LogP contribution >= 0.6 is 0 Å². The predicted molar refractivity (Wildman–Crippen MR) is 375 cm³/mol. The number of ether oxygens (including phenoxy) is 6. The number of rotatable bonds is 16. The van der Waals surface area contributed by atoms with Gasteiger partial charge in [-0.05, 0) is 245 Å². The van der Waals surface area contributed by atoms with Crippen LogP contribution in [-0.4, -0.2) is 67.7 Å². The topological polar surface area (TPSA) is 158 Å². The molecule has 12 nitrogen and oxygen atoms in total. The van der Waals surface area contributed by atoms with Gasteiger partial charge in [0.05, 0.1) is 12.0 Å². The van der Waals surface area contributed by atoms with E-state index < -0.39 is 16.2 Å². The quantitative estimate of drug-likeness (QED) is 0.0891. The van der Waals surface area contributed by atoms with Crippen molar-refractivity contribution in [2.75, 3.05) is 19.8 Å². The highest BCUT2D eigenvalue weighted by molar-refractivity contribution is 5.87. The van der Waals surface area contributed by atoms with Crippen LogP contribution in [0.1, 0.15) is 245 Å². The molecular weight excluding hydrogens is 1200 g/mol. The first-order valence-corrected chi connectivity index (χ1v) is 37.0. The third-order valence-corrected chi connectivity index (χ3v) is 30.9. The average Bonchev–Trinajstić information content (AvgIpc) is 1.60. The number of benzene rings is 2. The fourth-order valence-electron chi connectivity index (χ4n) is 26.2. The molecule has 0 aromatic heterocycles. The molecule has 22 atom stereocenters. The van der Waals surface area contributed by atoms with Gasteiger partial charge >= 0.3 is 29.8 Å². The van der Waals surface area contributed by atoms with Crippen molar-refractivity contribution < 1.29 is 58.6 Å². The Kier molecular flexibility index (Phi) is 20.4. The lowest BCUT2D eigenvalue weighted by atomic mass is 9.32. The minimum Gasteiger partial charge on any atom is -0.465 e. The molecule has 0 spiro atoms. The van der Waals surface area contributed by atoms with Crippen molar-refractivity contribution in [1.82, 2.24) is 0 Å². The second-order valence-electron chi connectivity index (χ2n) is 35.0. The van der Waals surface area contributed by atoms with Crippen molar-refractivity contribution in [3.8, 4) is 0 Å². The monoisotopic (exact) mass is 1320 g/mol. The molecule has 0 saturated heterocycles. The number of ketones is 1. The first-order chi connectivity index (χ1) is 45.7. The van der Waals surface area contributed by atoms with E-state index in [1.54, 1.807) is 0 Å². The summed E-state index contributed by atoms with van der Waals surface area (Å²) in [5.74, 6) is 2.90. The number of Topliss-reactive ketones (excluding diaryl/α,β-unsaturated/α-hetero) is 1. The number of hydrogen-bond acceptors (Lipinski definition) is 12. The van der Waals surface area contributed by atoms with Crippen LogP contribution in [0, 0.1) is 113 Å². The highest BCUT2D eigenvalue weighted by Crippen LogP contribution is 2.80. The lowest BCUT2D eigenvalue weighted by Gasteiger charge is -2.73. The van der Waals surface area contributed by atoms with Gasteiger partial charge in [-0.3, -0.25) is 28.8 Å². The fraction of sp³-hybridized carbons (Fsp3) is 0.738. The molecule has 0 radical (unpaired) electrons. The zero-order valence-corrected chi connectivity index (χ0v) is 61.7. The standard InChI is InChI=1S/C42H60O6.C41H58O6.CH4/c1-27(2)31-16-21-42(35(45)25-46-24-30-12-10-9-11-13-30)23-22-40(7)32(37(31)42)14-15-34-38(5)19-18-36(48-29(4)44)39(6,26-47-28(3)43)33(38)17-20-41(34,40)8;1-26(2)30-16-21-41(36(44)45-24-29-12-10-9-11-13-29)23-22-39(7)31(35(30)41)14-15-33-37(5)19-18-34(47-28(4)43)38(6,25-46-27(3)42)32(37)17-20-40(33,39)8;/h9-13,31-34,36-37H,1,14-26H2,2-8H3;9-13,30-35H,1,14-25H2,2-8H3;1H4/t31-,32?,33?,34?,36-,37?,38-,39-,40+,41+,42+;30-,31?,32?,33?,34-,35?,37-,38-,39+,40+,41-;/m00./s1/i;;1D. The van der Waals surface area contributed by atoms with Crippen molar-refractivity contribution in [3.05, 3.63) is 96.1 Å². The lowest BCUT2D eigenvalue weighted by Crippen LogP contribution is -2.68. The van der Waals surface area contributed by atoms with E-state index in [-0.39, 0.29) is 118 Å². The number of allylic oxidation sites excluding steroid dienone is 2. The Labute approximate surface area is 578 Å². The number of esters is 5. The summed E-state index contributed by atoms with van der Waals surface area (Å²) in [6, 6.07) is 20.2. The lowest BCUT2D eigenvalue weighted by molar-refractivity contribution is -0.257. The van der Waals surface area contributed by atoms with Crippen LogP contribution in [0.25, 0.3) is 0 Å². The average molecular weight is 1320 g/mol. The van der Waals surface area contributed by atoms with E-state index in [2.05, 4.69) is 94.5 Å². The van der Waals surface area contributed by atoms with Gasteiger partial charge in [-0.25, -0.2) is 0 Å². The second kappa shape index (κ2) is 27.1. The molecule has 10 saturated carbocycles. The van der Waals surface area contributed by atoms with Crippen molar-refractivity contribution in [2.24, 2.45) is 113 Å². The van der Waals surface area contributed by atoms with Crippen molar-refractivity contribution in [1.29, 1.82) is 0 Å². The Morgan fingerprint density at radius 3 is 1.26 bits per heavy atom. The number of hydrogen-bond donors (Lipinski definition) is 0. The SMILES string of the molecule is C=C(C)[C@@H]1CC[C@]2(C(=O)COCc3ccccc3)CC[C@]3(C)C(CCC4[C@@]5(C)CC[C@H](OC(C)=O)[C@@](C)(COC(C)=O)C5CC[C@]43C)C12.C=C(C)[C@@H]1CC[C@]2(C(=O)OCc3ccccc3)CC[C@]3(C)C(CCC4[C@@]5(C)CC[C@H](OC(C)=O)[C@@](C)(COC(C)=O)C5CC[C@]43C)C12.[2H]C. The Morgan fingerprint density at radius 2 is 0.844 bits per heavy atom. The summed E-state index contributed by atoms with van der Waals surface area (Å²) in [4.78, 5) is 77.3. The van der Waals surface area contributed by atoms with E-state index in [0.717, 1.165) is 140 Å². The summed E-state index contributed by atoms with van der Waals surface area (Å²) in [6.45, 7) is 40.5. The van der Waals surface area contributed by atoms with E-state index in [9.17, 15) is 28.8 Å². The number of carbonyl (C=O) groups excluding carboxylic acids is 6. The van der Waals surface area contributed by atoms with E-state index in [0.29, 0.717) is 60.4 Å². The highest BCUT2D eigenvalue weighted by Gasteiger charge is 2.75. The van der Waals surface area contributed by atoms with Gasteiger partial charge in [-0.1, -0.05) is 148 Å². The highest BCUT2D eigenvalue weighted by atomic mass is 16.6. The van der Waals surface area contributed by atoms with Crippen molar-refractivity contribution >= 4 is 35.6 Å². The molecule has 0 heterocycles. The summed E-state index contributed by atoms with van der Waals surface area (Å²) < 4.78 is 41.5. The summed E-state index contributed by atoms with van der Waals surface area (Å²) >= 11 is 0. The van der Waals surface area contributed by atoms with Crippen LogP contribution in [0.4, 0.5) is 0 Å². The molecule has 0 amide bonds. The van der Waals surface area contributed by atoms with E-state index in [1.807, 2.05) is 48.5 Å². The van der Waals surface area contributed by atoms with E-state index >= 15 is 0 Å². The van der Waals surface area contributed by atoms with Gasteiger partial charge < -0.3 is 28.4 Å². The molecule has 96 heavy (non-hydrogen) atoms. The molecule has 10 fully saturated rings. The Hall–Kier alpha value is -5.10. The maximum atomic E-state index is 14.4. The third kappa shape index (κ3) is 11.9. The summed E-state index contributed by atoms with van der Waals surface area (Å²) in [5, 5.41) is 0. The molecule has 530 valence electrons. The molecule has 12 heteroatoms. The number of fused-ring (bicyclic) bond motifs is 14. The summed E-state index contributed by atoms with van der Waals surface area (Å²) in [5.41, 5.74) is 3.37.